The minimum absolute atomic E-state index is 0.0369. The van der Waals surface area contributed by atoms with E-state index in [9.17, 15) is 4.79 Å². The molecule has 0 bridgehead atoms. The summed E-state index contributed by atoms with van der Waals surface area (Å²) in [5.74, 6) is 0.478. The summed E-state index contributed by atoms with van der Waals surface area (Å²) in [6.07, 6.45) is 1.06. The van der Waals surface area contributed by atoms with Gasteiger partial charge in [0.1, 0.15) is 5.75 Å². The second-order valence-electron chi connectivity index (χ2n) is 6.67. The molecule has 3 N–H and O–H groups in total. The molecule has 0 unspecified atom stereocenters. The number of nitrogens with one attached hydrogen (secondary N) is 1. The van der Waals surface area contributed by atoms with E-state index in [1.807, 2.05) is 25.1 Å². The van der Waals surface area contributed by atoms with Crippen LogP contribution in [0, 0.1) is 6.92 Å². The molecule has 2 aromatic rings. The van der Waals surface area contributed by atoms with Crippen LogP contribution in [0.2, 0.25) is 0 Å². The van der Waals surface area contributed by atoms with Gasteiger partial charge in [-0.25, -0.2) is 0 Å². The topological polar surface area (TPSA) is 64.3 Å². The van der Waals surface area contributed by atoms with E-state index in [-0.39, 0.29) is 17.9 Å². The molecule has 0 aliphatic heterocycles. The highest BCUT2D eigenvalue weighted by atomic mass is 16.5. The van der Waals surface area contributed by atoms with E-state index in [0.29, 0.717) is 17.1 Å². The zero-order valence-corrected chi connectivity index (χ0v) is 14.8. The maximum absolute atomic E-state index is 12.0. The monoisotopic (exact) mass is 326 g/mol. The van der Waals surface area contributed by atoms with Gasteiger partial charge >= 0.3 is 0 Å². The Morgan fingerprint density at radius 3 is 2.46 bits per heavy atom. The van der Waals surface area contributed by atoms with Gasteiger partial charge in [0.15, 0.2) is 6.61 Å². The van der Waals surface area contributed by atoms with Crippen molar-refractivity contribution in [2.45, 2.75) is 39.5 Å². The minimum atomic E-state index is -0.207. The fourth-order valence-electron chi connectivity index (χ4n) is 2.32. The standard InChI is InChI=1S/C20H26N2O2/c1-5-20(3,4)15-7-10-17(11-8-15)24-13-19(23)22-18-12-16(21)9-6-14(18)2/h6-12H,5,13,21H2,1-4H3,(H,22,23). The first-order valence-electron chi connectivity index (χ1n) is 8.21. The molecule has 2 aromatic carbocycles. The Kier molecular flexibility index (Phi) is 5.50. The van der Waals surface area contributed by atoms with Crippen molar-refractivity contribution < 1.29 is 9.53 Å². The molecule has 2 rings (SSSR count). The van der Waals surface area contributed by atoms with E-state index in [2.05, 4.69) is 38.2 Å². The lowest BCUT2D eigenvalue weighted by Crippen LogP contribution is -2.21. The van der Waals surface area contributed by atoms with E-state index >= 15 is 0 Å². The molecule has 1 amide bonds. The lowest BCUT2D eigenvalue weighted by atomic mass is 9.82. The first-order valence-corrected chi connectivity index (χ1v) is 8.21. The molecular formula is C20H26N2O2. The zero-order valence-electron chi connectivity index (χ0n) is 14.8. The highest BCUT2D eigenvalue weighted by molar-refractivity contribution is 5.93. The molecule has 0 aromatic heterocycles. The number of ether oxygens (including phenoxy) is 1. The first-order chi connectivity index (χ1) is 11.3. The smallest absolute Gasteiger partial charge is 0.262 e. The van der Waals surface area contributed by atoms with Crippen LogP contribution in [0.3, 0.4) is 0 Å². The maximum Gasteiger partial charge on any atom is 0.262 e. The predicted molar refractivity (Wildman–Crippen MR) is 99.5 cm³/mol. The zero-order chi connectivity index (χ0) is 17.7. The summed E-state index contributed by atoms with van der Waals surface area (Å²) in [5.41, 5.74) is 9.44. The van der Waals surface area contributed by atoms with E-state index in [1.54, 1.807) is 12.1 Å². The van der Waals surface area contributed by atoms with Crippen molar-refractivity contribution >= 4 is 17.3 Å². The van der Waals surface area contributed by atoms with Crippen LogP contribution >= 0.6 is 0 Å². The molecule has 0 heterocycles. The van der Waals surface area contributed by atoms with Gasteiger partial charge in [0.05, 0.1) is 0 Å². The van der Waals surface area contributed by atoms with E-state index < -0.39 is 0 Å². The van der Waals surface area contributed by atoms with Gasteiger partial charge in [-0.2, -0.15) is 0 Å². The molecule has 0 fully saturated rings. The Hall–Kier alpha value is -2.49. The third-order valence-corrected chi connectivity index (χ3v) is 4.43. The maximum atomic E-state index is 12.0. The molecule has 0 spiro atoms. The number of aryl methyl sites for hydroxylation is 1. The molecule has 0 radical (unpaired) electrons. The van der Waals surface area contributed by atoms with Crippen molar-refractivity contribution in [3.63, 3.8) is 0 Å². The van der Waals surface area contributed by atoms with Gasteiger partial charge in [0.25, 0.3) is 5.91 Å². The molecule has 0 aliphatic carbocycles. The van der Waals surface area contributed by atoms with Crippen molar-refractivity contribution in [3.8, 4) is 5.75 Å². The van der Waals surface area contributed by atoms with Crippen molar-refractivity contribution in [1.82, 2.24) is 0 Å². The number of nitrogens with two attached hydrogens (primary N) is 1. The Bertz CT molecular complexity index is 706. The molecule has 128 valence electrons. The third-order valence-electron chi connectivity index (χ3n) is 4.43. The van der Waals surface area contributed by atoms with Crippen molar-refractivity contribution in [1.29, 1.82) is 0 Å². The highest BCUT2D eigenvalue weighted by Crippen LogP contribution is 2.28. The van der Waals surface area contributed by atoms with Crippen LogP contribution in [0.25, 0.3) is 0 Å². The predicted octanol–water partition coefficient (Wildman–Crippen LogP) is 4.28. The summed E-state index contributed by atoms with van der Waals surface area (Å²) in [4.78, 5) is 12.0. The summed E-state index contributed by atoms with van der Waals surface area (Å²) >= 11 is 0. The third kappa shape index (κ3) is 4.51. The first kappa shape index (κ1) is 17.9. The fraction of sp³-hybridized carbons (Fsp3) is 0.350. The largest absolute Gasteiger partial charge is 0.484 e. The second-order valence-corrected chi connectivity index (χ2v) is 6.67. The number of amides is 1. The Morgan fingerprint density at radius 1 is 1.17 bits per heavy atom. The number of hydrogen-bond donors (Lipinski definition) is 2. The summed E-state index contributed by atoms with van der Waals surface area (Å²) in [6, 6.07) is 13.4. The number of anilines is 2. The SMILES string of the molecule is CCC(C)(C)c1ccc(OCC(=O)Nc2cc(N)ccc2C)cc1. The van der Waals surface area contributed by atoms with Gasteiger partial charge in [-0.3, -0.25) is 4.79 Å². The number of benzene rings is 2. The van der Waals surface area contributed by atoms with Crippen molar-refractivity contribution in [3.05, 3.63) is 53.6 Å². The summed E-state index contributed by atoms with van der Waals surface area (Å²) < 4.78 is 5.57. The number of carbonyl (C=O) groups is 1. The highest BCUT2D eigenvalue weighted by Gasteiger charge is 2.17. The molecule has 0 atom stereocenters. The molecule has 0 saturated carbocycles. The van der Waals surface area contributed by atoms with Crippen LogP contribution in [0.5, 0.6) is 5.75 Å². The van der Waals surface area contributed by atoms with Crippen LogP contribution in [-0.4, -0.2) is 12.5 Å². The summed E-state index contributed by atoms with van der Waals surface area (Å²) in [7, 11) is 0. The van der Waals surface area contributed by atoms with Crippen molar-refractivity contribution in [2.75, 3.05) is 17.7 Å². The number of carbonyl (C=O) groups excluding carboxylic acids is 1. The summed E-state index contributed by atoms with van der Waals surface area (Å²) in [6.45, 7) is 8.48. The van der Waals surface area contributed by atoms with Gasteiger partial charge < -0.3 is 15.8 Å². The second kappa shape index (κ2) is 7.39. The quantitative estimate of drug-likeness (QED) is 0.779. The Labute approximate surface area is 144 Å². The van der Waals surface area contributed by atoms with E-state index in [0.717, 1.165) is 12.0 Å². The molecule has 0 saturated heterocycles. The average molecular weight is 326 g/mol. The fourth-order valence-corrected chi connectivity index (χ4v) is 2.32. The van der Waals surface area contributed by atoms with E-state index in [4.69, 9.17) is 10.5 Å². The van der Waals surface area contributed by atoms with Gasteiger partial charge in [-0.1, -0.05) is 39.0 Å². The number of hydrogen-bond acceptors (Lipinski definition) is 3. The van der Waals surface area contributed by atoms with Gasteiger partial charge in [0.2, 0.25) is 0 Å². The van der Waals surface area contributed by atoms with Gasteiger partial charge in [0, 0.05) is 11.4 Å². The van der Waals surface area contributed by atoms with E-state index in [1.165, 1.54) is 5.56 Å². The molecule has 24 heavy (non-hydrogen) atoms. The summed E-state index contributed by atoms with van der Waals surface area (Å²) in [5, 5.41) is 2.82. The molecule has 4 heteroatoms. The van der Waals surface area contributed by atoms with Crippen LogP contribution in [0.1, 0.15) is 38.3 Å². The van der Waals surface area contributed by atoms with Gasteiger partial charge in [-0.05, 0) is 54.2 Å². The van der Waals surface area contributed by atoms with Crippen LogP contribution in [-0.2, 0) is 10.2 Å². The number of nitrogen functional groups attached to an aromatic ring is 1. The lowest BCUT2D eigenvalue weighted by molar-refractivity contribution is -0.118. The number of rotatable bonds is 6. The molecule has 4 nitrogen and oxygen atoms in total. The van der Waals surface area contributed by atoms with Crippen LogP contribution in [0.15, 0.2) is 42.5 Å². The van der Waals surface area contributed by atoms with Crippen molar-refractivity contribution in [2.24, 2.45) is 0 Å². The van der Waals surface area contributed by atoms with Crippen LogP contribution < -0.4 is 15.8 Å². The Balaban J connectivity index is 1.93. The molecule has 0 aliphatic rings. The normalized spacial score (nSPS) is 11.2. The minimum Gasteiger partial charge on any atom is -0.484 e. The Morgan fingerprint density at radius 2 is 1.83 bits per heavy atom. The molecular weight excluding hydrogens is 300 g/mol. The average Bonchev–Trinajstić information content (AvgIpc) is 2.56. The van der Waals surface area contributed by atoms with Crippen LogP contribution in [0.4, 0.5) is 11.4 Å². The van der Waals surface area contributed by atoms with Gasteiger partial charge in [-0.15, -0.1) is 0 Å². The lowest BCUT2D eigenvalue weighted by Gasteiger charge is -2.23.